The van der Waals surface area contributed by atoms with Crippen LogP contribution in [0.5, 0.6) is 17.4 Å². The maximum Gasteiger partial charge on any atom is 0.354 e. The highest BCUT2D eigenvalue weighted by molar-refractivity contribution is 5.77. The Balaban J connectivity index is 1.43. The number of rotatable bonds is 10. The van der Waals surface area contributed by atoms with Crippen molar-refractivity contribution in [2.75, 3.05) is 12.4 Å². The van der Waals surface area contributed by atoms with E-state index in [0.717, 1.165) is 15.7 Å². The minimum Gasteiger partial charge on any atom is -0.495 e. The molecule has 2 aromatic heterocycles. The minimum atomic E-state index is -1.10. The number of carbonyl (C=O) groups is 1. The topological polar surface area (TPSA) is 138 Å². The Morgan fingerprint density at radius 1 is 1.00 bits per heavy atom. The van der Waals surface area contributed by atoms with Crippen LogP contribution in [0.25, 0.3) is 0 Å². The Labute approximate surface area is 223 Å². The van der Waals surface area contributed by atoms with Gasteiger partial charge in [-0.25, -0.2) is 19.1 Å². The van der Waals surface area contributed by atoms with Crippen molar-refractivity contribution in [3.05, 3.63) is 99.0 Å². The Bertz CT molecular complexity index is 1610. The van der Waals surface area contributed by atoms with Gasteiger partial charge in [-0.1, -0.05) is 29.8 Å². The van der Waals surface area contributed by atoms with E-state index in [2.05, 4.69) is 15.3 Å². The largest absolute Gasteiger partial charge is 0.495 e. The van der Waals surface area contributed by atoms with Gasteiger partial charge in [0, 0.05) is 18.3 Å². The molecule has 39 heavy (non-hydrogen) atoms. The number of methoxy groups -OCH3 is 1. The molecule has 200 valence electrons. The summed E-state index contributed by atoms with van der Waals surface area (Å²) in [5.41, 5.74) is -0.0759. The zero-order valence-electron chi connectivity index (χ0n) is 21.5. The normalized spacial score (nSPS) is 13.5. The highest BCUT2D eigenvalue weighted by Crippen LogP contribution is 2.46. The summed E-state index contributed by atoms with van der Waals surface area (Å²) in [6.45, 7) is 1.88. The Morgan fingerprint density at radius 2 is 1.69 bits per heavy atom. The Morgan fingerprint density at radius 3 is 2.28 bits per heavy atom. The van der Waals surface area contributed by atoms with Gasteiger partial charge in [-0.3, -0.25) is 9.36 Å². The molecule has 0 aliphatic heterocycles. The fraction of sp³-hybridized carbons (Fsp3) is 0.250. The maximum absolute atomic E-state index is 13.5. The first-order chi connectivity index (χ1) is 18.8. The second-order valence-electron chi connectivity index (χ2n) is 9.53. The van der Waals surface area contributed by atoms with E-state index in [9.17, 15) is 19.5 Å². The van der Waals surface area contributed by atoms with Crippen molar-refractivity contribution in [3.8, 4) is 17.4 Å². The third-order valence-corrected chi connectivity index (χ3v) is 6.66. The molecule has 2 aromatic carbocycles. The molecule has 1 saturated carbocycles. The van der Waals surface area contributed by atoms with Gasteiger partial charge < -0.3 is 19.9 Å². The number of nitrogens with zero attached hydrogens (tertiary/aromatic N) is 4. The molecule has 5 rings (SSSR count). The zero-order valence-corrected chi connectivity index (χ0v) is 21.5. The van der Waals surface area contributed by atoms with Crippen molar-refractivity contribution < 1.29 is 19.4 Å². The van der Waals surface area contributed by atoms with E-state index in [1.807, 2.05) is 31.2 Å². The molecular formula is C28H27N5O6. The van der Waals surface area contributed by atoms with E-state index < -0.39 is 22.8 Å². The van der Waals surface area contributed by atoms with E-state index in [4.69, 9.17) is 9.47 Å². The lowest BCUT2D eigenvalue weighted by atomic mass is 10.1. The van der Waals surface area contributed by atoms with Crippen molar-refractivity contribution in [1.82, 2.24) is 19.1 Å². The number of hydrogen-bond acceptors (Lipinski definition) is 8. The summed E-state index contributed by atoms with van der Waals surface area (Å²) in [7, 11) is 1.56. The van der Waals surface area contributed by atoms with Crippen LogP contribution in [0.1, 0.15) is 24.0 Å². The lowest BCUT2D eigenvalue weighted by molar-refractivity contribution is -0.144. The predicted octanol–water partition coefficient (Wildman–Crippen LogP) is 3.57. The molecule has 0 amide bonds. The van der Waals surface area contributed by atoms with Crippen molar-refractivity contribution in [2.45, 2.75) is 32.9 Å². The molecule has 0 saturated heterocycles. The Kier molecular flexibility index (Phi) is 6.88. The number of nitrogens with one attached hydrogen (secondary N) is 1. The number of ether oxygens (including phenoxy) is 2. The number of aromatic nitrogens is 4. The second kappa shape index (κ2) is 10.4. The highest BCUT2D eigenvalue weighted by atomic mass is 16.5. The van der Waals surface area contributed by atoms with Crippen molar-refractivity contribution in [1.29, 1.82) is 0 Å². The van der Waals surface area contributed by atoms with Crippen LogP contribution in [-0.2, 0) is 17.9 Å². The fourth-order valence-electron chi connectivity index (χ4n) is 4.08. The summed E-state index contributed by atoms with van der Waals surface area (Å²) in [6.07, 6.45) is 2.37. The van der Waals surface area contributed by atoms with Crippen LogP contribution < -0.4 is 26.2 Å². The van der Waals surface area contributed by atoms with Crippen LogP contribution in [0, 0.1) is 12.3 Å². The van der Waals surface area contributed by atoms with Gasteiger partial charge in [0.15, 0.2) is 0 Å². The van der Waals surface area contributed by atoms with Gasteiger partial charge in [0.1, 0.15) is 11.5 Å². The number of aryl methyl sites for hydroxylation is 1. The molecule has 4 aromatic rings. The van der Waals surface area contributed by atoms with E-state index in [0.29, 0.717) is 35.9 Å². The molecule has 11 nitrogen and oxygen atoms in total. The highest BCUT2D eigenvalue weighted by Gasteiger charge is 2.51. The molecule has 1 aliphatic carbocycles. The summed E-state index contributed by atoms with van der Waals surface area (Å²) in [5, 5.41) is 12.6. The summed E-state index contributed by atoms with van der Waals surface area (Å²) in [4.78, 5) is 46.5. The number of benzene rings is 2. The van der Waals surface area contributed by atoms with Crippen LogP contribution in [0.4, 0.5) is 11.6 Å². The van der Waals surface area contributed by atoms with Gasteiger partial charge in [0.05, 0.1) is 25.3 Å². The van der Waals surface area contributed by atoms with Crippen LogP contribution in [0.2, 0.25) is 0 Å². The lowest BCUT2D eigenvalue weighted by Gasteiger charge is -2.17. The zero-order chi connectivity index (χ0) is 27.6. The van der Waals surface area contributed by atoms with E-state index >= 15 is 0 Å². The number of hydrogen-bond donors (Lipinski definition) is 2. The smallest absolute Gasteiger partial charge is 0.354 e. The number of carboxylic acids is 1. The quantitative estimate of drug-likeness (QED) is 0.316. The molecule has 11 heteroatoms. The molecule has 1 fully saturated rings. The average molecular weight is 530 g/mol. The van der Waals surface area contributed by atoms with Crippen molar-refractivity contribution in [2.24, 2.45) is 5.41 Å². The van der Waals surface area contributed by atoms with Crippen LogP contribution in [0.3, 0.4) is 0 Å². The van der Waals surface area contributed by atoms with Crippen LogP contribution >= 0.6 is 0 Å². The fourth-order valence-corrected chi connectivity index (χ4v) is 4.08. The van der Waals surface area contributed by atoms with E-state index in [-0.39, 0.29) is 19.0 Å². The molecule has 0 atom stereocenters. The molecule has 0 spiro atoms. The third kappa shape index (κ3) is 5.66. The molecule has 0 bridgehead atoms. The monoisotopic (exact) mass is 529 g/mol. The number of aliphatic carboxylic acids is 1. The summed E-state index contributed by atoms with van der Waals surface area (Å²) < 4.78 is 13.1. The van der Waals surface area contributed by atoms with Gasteiger partial charge in [0.2, 0.25) is 11.8 Å². The van der Waals surface area contributed by atoms with Crippen LogP contribution in [-0.4, -0.2) is 37.3 Å². The minimum absolute atomic E-state index is 0.0486. The Hall–Kier alpha value is -4.93. The summed E-state index contributed by atoms with van der Waals surface area (Å²) in [6, 6.07) is 17.9. The van der Waals surface area contributed by atoms with Crippen molar-refractivity contribution in [3.63, 3.8) is 0 Å². The standard InChI is InChI=1S/C28H27N5O6/c1-18-3-5-19(6-4-18)16-32-25(31-26(36)33(27(32)37)17-28(13-14-28)24(34)35)30-20-7-9-21(10-8-20)39-23-12-11-22(38-2)15-29-23/h3-12,15H,13-14,16-17H2,1-2H3,(H,34,35)(H,30,31,36). The second-order valence-corrected chi connectivity index (χ2v) is 9.53. The SMILES string of the molecule is COc1ccc(Oc2ccc(Nc3nc(=O)n(CC4(C(=O)O)CC4)c(=O)n3Cc3ccc(C)cc3)cc2)nc1. The van der Waals surface area contributed by atoms with Gasteiger partial charge in [-0.05, 0) is 55.7 Å². The molecule has 0 unspecified atom stereocenters. The first-order valence-electron chi connectivity index (χ1n) is 12.3. The van der Waals surface area contributed by atoms with Crippen molar-refractivity contribution >= 4 is 17.6 Å². The molecule has 1 aliphatic rings. The van der Waals surface area contributed by atoms with Gasteiger partial charge >= 0.3 is 17.3 Å². The maximum atomic E-state index is 13.5. The predicted molar refractivity (Wildman–Crippen MR) is 143 cm³/mol. The third-order valence-electron chi connectivity index (χ3n) is 6.66. The number of anilines is 2. The first kappa shape index (κ1) is 25.7. The molecule has 2 heterocycles. The summed E-state index contributed by atoms with van der Waals surface area (Å²) >= 11 is 0. The van der Waals surface area contributed by atoms with E-state index in [1.165, 1.54) is 4.57 Å². The lowest BCUT2D eigenvalue weighted by Crippen LogP contribution is -2.45. The molecule has 2 N–H and O–H groups in total. The average Bonchev–Trinajstić information content (AvgIpc) is 3.73. The number of pyridine rings is 1. The van der Waals surface area contributed by atoms with Crippen LogP contribution in [0.15, 0.2) is 76.4 Å². The van der Waals surface area contributed by atoms with Gasteiger partial charge in [-0.15, -0.1) is 0 Å². The van der Waals surface area contributed by atoms with Gasteiger partial charge in [0.25, 0.3) is 0 Å². The van der Waals surface area contributed by atoms with Gasteiger partial charge in [-0.2, -0.15) is 4.98 Å². The number of carboxylic acid groups (broad SMARTS) is 1. The van der Waals surface area contributed by atoms with E-state index in [1.54, 1.807) is 49.7 Å². The molecular weight excluding hydrogens is 502 g/mol. The molecule has 0 radical (unpaired) electrons. The summed E-state index contributed by atoms with van der Waals surface area (Å²) in [5.74, 6) is 0.564. The first-order valence-corrected chi connectivity index (χ1v) is 12.3.